The maximum Gasteiger partial charge on any atom is 0.253 e. The van der Waals surface area contributed by atoms with Gasteiger partial charge in [-0.25, -0.2) is 4.68 Å². The van der Waals surface area contributed by atoms with E-state index in [1.807, 2.05) is 16.8 Å². The molecule has 3 aromatic heterocycles. The van der Waals surface area contributed by atoms with Gasteiger partial charge in [0.2, 0.25) is 0 Å². The molecule has 8 nitrogen and oxygen atoms in total. The van der Waals surface area contributed by atoms with E-state index >= 15 is 0 Å². The van der Waals surface area contributed by atoms with Crippen LogP contribution in [0.15, 0.2) is 46.6 Å². The third-order valence-electron chi connectivity index (χ3n) is 7.58. The first kappa shape index (κ1) is 25.8. The highest BCUT2D eigenvalue weighted by Gasteiger charge is 2.36. The second-order valence-electron chi connectivity index (χ2n) is 10.5. The summed E-state index contributed by atoms with van der Waals surface area (Å²) in [6.07, 6.45) is 3.95. The van der Waals surface area contributed by atoms with E-state index in [9.17, 15) is 4.79 Å². The second kappa shape index (κ2) is 10.8. The van der Waals surface area contributed by atoms with E-state index in [1.54, 1.807) is 11.3 Å². The number of aryl methyl sites for hydroxylation is 1. The Bertz CT molecular complexity index is 1390. The summed E-state index contributed by atoms with van der Waals surface area (Å²) in [5.74, 6) is 0.679. The molecule has 0 unspecified atom stereocenters. The highest BCUT2D eigenvalue weighted by Crippen LogP contribution is 2.33. The predicted molar refractivity (Wildman–Crippen MR) is 147 cm³/mol. The minimum atomic E-state index is -0.439. The number of pyridine rings is 1. The van der Waals surface area contributed by atoms with Crippen LogP contribution < -0.4 is 5.56 Å². The van der Waals surface area contributed by atoms with Crippen molar-refractivity contribution in [1.82, 2.24) is 30.1 Å². The van der Waals surface area contributed by atoms with Gasteiger partial charge in [0.05, 0.1) is 11.6 Å². The molecule has 196 valence electrons. The third kappa shape index (κ3) is 5.39. The number of aromatic nitrogens is 5. The Morgan fingerprint density at radius 2 is 2.14 bits per heavy atom. The third-order valence-corrected chi connectivity index (χ3v) is 8.44. The fourth-order valence-electron chi connectivity index (χ4n) is 5.05. The van der Waals surface area contributed by atoms with Gasteiger partial charge in [0.1, 0.15) is 6.04 Å². The van der Waals surface area contributed by atoms with Crippen LogP contribution in [0, 0.1) is 0 Å². The summed E-state index contributed by atoms with van der Waals surface area (Å²) < 4.78 is 7.98. The van der Waals surface area contributed by atoms with Crippen molar-refractivity contribution in [2.45, 2.75) is 77.6 Å². The lowest BCUT2D eigenvalue weighted by Gasteiger charge is -2.34. The van der Waals surface area contributed by atoms with Crippen LogP contribution in [0.25, 0.3) is 10.9 Å². The fraction of sp³-hybridized carbons (Fsp3) is 0.500. The number of benzene rings is 1. The molecule has 1 aromatic carbocycles. The van der Waals surface area contributed by atoms with E-state index in [0.29, 0.717) is 24.5 Å². The first-order chi connectivity index (χ1) is 17.9. The molecular formula is C28H36N6O2S. The van der Waals surface area contributed by atoms with Gasteiger partial charge in [0.15, 0.2) is 5.82 Å². The minimum Gasteiger partial charge on any atom is -0.377 e. The zero-order chi connectivity index (χ0) is 26.0. The van der Waals surface area contributed by atoms with Gasteiger partial charge in [-0.05, 0) is 90.6 Å². The van der Waals surface area contributed by atoms with Gasteiger partial charge in [-0.15, -0.1) is 16.4 Å². The minimum absolute atomic E-state index is 0.109. The summed E-state index contributed by atoms with van der Waals surface area (Å²) in [5.41, 5.74) is 2.29. The maximum atomic E-state index is 13.7. The predicted octanol–water partition coefficient (Wildman–Crippen LogP) is 5.05. The average Bonchev–Trinajstić information content (AvgIpc) is 3.68. The van der Waals surface area contributed by atoms with Crippen LogP contribution in [0.1, 0.15) is 74.8 Å². The molecule has 0 aliphatic carbocycles. The molecule has 0 radical (unpaired) electrons. The molecule has 2 atom stereocenters. The zero-order valence-electron chi connectivity index (χ0n) is 22.1. The summed E-state index contributed by atoms with van der Waals surface area (Å²) >= 11 is 1.72. The molecule has 5 rings (SSSR count). The summed E-state index contributed by atoms with van der Waals surface area (Å²) in [6.45, 7) is 10.7. The monoisotopic (exact) mass is 520 g/mol. The van der Waals surface area contributed by atoms with Crippen LogP contribution in [-0.4, -0.2) is 49.3 Å². The molecule has 1 fully saturated rings. The highest BCUT2D eigenvalue weighted by atomic mass is 32.1. The Morgan fingerprint density at radius 3 is 2.84 bits per heavy atom. The molecular weight excluding hydrogens is 484 g/mol. The molecule has 0 saturated carbocycles. The first-order valence-electron chi connectivity index (χ1n) is 13.2. The van der Waals surface area contributed by atoms with Gasteiger partial charge in [-0.1, -0.05) is 26.0 Å². The van der Waals surface area contributed by atoms with Crippen LogP contribution >= 0.6 is 11.3 Å². The van der Waals surface area contributed by atoms with E-state index in [-0.39, 0.29) is 17.2 Å². The van der Waals surface area contributed by atoms with Crippen molar-refractivity contribution >= 4 is 22.2 Å². The second-order valence-corrected chi connectivity index (χ2v) is 11.5. The number of H-pyrrole nitrogens is 1. The van der Waals surface area contributed by atoms with Crippen molar-refractivity contribution in [1.29, 1.82) is 0 Å². The molecule has 37 heavy (non-hydrogen) atoms. The van der Waals surface area contributed by atoms with Crippen LogP contribution in [-0.2, 0) is 23.2 Å². The Hall–Kier alpha value is -2.88. The van der Waals surface area contributed by atoms with E-state index < -0.39 is 6.04 Å². The van der Waals surface area contributed by atoms with Crippen LogP contribution in [0.4, 0.5) is 0 Å². The number of fused-ring (bicyclic) bond motifs is 1. The topological polar surface area (TPSA) is 88.9 Å². The Kier molecular flexibility index (Phi) is 7.55. The largest absolute Gasteiger partial charge is 0.377 e. The molecule has 4 aromatic rings. The number of nitrogens with one attached hydrogen (secondary N) is 1. The Labute approximate surface area is 221 Å². The Morgan fingerprint density at radius 1 is 1.27 bits per heavy atom. The van der Waals surface area contributed by atoms with Crippen molar-refractivity contribution in [3.8, 4) is 0 Å². The van der Waals surface area contributed by atoms with E-state index in [1.165, 1.54) is 10.4 Å². The first-order valence-corrected chi connectivity index (χ1v) is 14.1. The van der Waals surface area contributed by atoms with Gasteiger partial charge in [-0.3, -0.25) is 9.69 Å². The van der Waals surface area contributed by atoms with Crippen molar-refractivity contribution in [2.24, 2.45) is 0 Å². The molecule has 0 spiro atoms. The molecule has 0 bridgehead atoms. The van der Waals surface area contributed by atoms with Crippen LogP contribution in [0.3, 0.4) is 0 Å². The standard InChI is InChI=1S/C28H36N6O2S/c1-5-19-11-12-24-20(15-19)16-23(27(35)29-24)25(26-30-31-32-34(26)28(3,4)6-2)33(17-21-9-7-13-36-21)18-22-10-8-14-37-22/h8,10-12,14-16,21,25H,5-7,9,13,17-18H2,1-4H3,(H,29,35)/t21-,25-/m0/s1. The maximum absolute atomic E-state index is 13.7. The van der Waals surface area contributed by atoms with Gasteiger partial charge >= 0.3 is 0 Å². The summed E-state index contributed by atoms with van der Waals surface area (Å²) in [4.78, 5) is 20.4. The smallest absolute Gasteiger partial charge is 0.253 e. The number of rotatable bonds is 10. The summed E-state index contributed by atoms with van der Waals surface area (Å²) in [6, 6.07) is 12.0. The van der Waals surface area contributed by atoms with Crippen molar-refractivity contribution in [2.75, 3.05) is 13.2 Å². The lowest BCUT2D eigenvalue weighted by Crippen LogP contribution is -2.41. The molecule has 1 N–H and O–H groups in total. The zero-order valence-corrected chi connectivity index (χ0v) is 22.9. The van der Waals surface area contributed by atoms with E-state index in [0.717, 1.165) is 43.2 Å². The molecule has 1 aliphatic heterocycles. The van der Waals surface area contributed by atoms with Crippen molar-refractivity contribution < 1.29 is 4.74 Å². The van der Waals surface area contributed by atoms with Gasteiger partial charge in [0.25, 0.3) is 5.56 Å². The van der Waals surface area contributed by atoms with E-state index in [2.05, 4.69) is 82.7 Å². The highest BCUT2D eigenvalue weighted by molar-refractivity contribution is 7.09. The van der Waals surface area contributed by atoms with Crippen LogP contribution in [0.2, 0.25) is 0 Å². The number of ether oxygens (including phenoxy) is 1. The quantitative estimate of drug-likeness (QED) is 0.315. The number of aromatic amines is 1. The van der Waals surface area contributed by atoms with Crippen molar-refractivity contribution in [3.05, 3.63) is 74.0 Å². The van der Waals surface area contributed by atoms with Gasteiger partial charge in [-0.2, -0.15) is 0 Å². The SMILES string of the molecule is CCc1ccc2[nH]c(=O)c([C@@H](c3nnnn3C(C)(C)CC)N(Cc3cccs3)C[C@@H]3CCCO3)cc2c1. The molecule has 4 heterocycles. The lowest BCUT2D eigenvalue weighted by molar-refractivity contribution is 0.0566. The molecule has 1 saturated heterocycles. The van der Waals surface area contributed by atoms with Crippen LogP contribution in [0.5, 0.6) is 0 Å². The van der Waals surface area contributed by atoms with Gasteiger partial charge in [0, 0.05) is 35.7 Å². The fourth-order valence-corrected chi connectivity index (χ4v) is 5.78. The van der Waals surface area contributed by atoms with Gasteiger partial charge < -0.3 is 9.72 Å². The summed E-state index contributed by atoms with van der Waals surface area (Å²) in [5, 5.41) is 16.2. The number of nitrogens with zero attached hydrogens (tertiary/aromatic N) is 5. The number of tetrazole rings is 1. The normalized spacial score (nSPS) is 17.2. The lowest BCUT2D eigenvalue weighted by atomic mass is 9.98. The molecule has 1 aliphatic rings. The van der Waals surface area contributed by atoms with Crippen molar-refractivity contribution in [3.63, 3.8) is 0 Å². The Balaban J connectivity index is 1.70. The number of hydrogen-bond acceptors (Lipinski definition) is 7. The average molecular weight is 521 g/mol. The molecule has 0 amide bonds. The summed E-state index contributed by atoms with van der Waals surface area (Å²) in [7, 11) is 0. The van der Waals surface area contributed by atoms with E-state index in [4.69, 9.17) is 4.74 Å². The number of hydrogen-bond donors (Lipinski definition) is 1. The molecule has 9 heteroatoms. The number of thiophene rings is 1.